The summed E-state index contributed by atoms with van der Waals surface area (Å²) in [5, 5.41) is 8.56. The highest BCUT2D eigenvalue weighted by atomic mass is 35.5. The van der Waals surface area contributed by atoms with Gasteiger partial charge in [-0.2, -0.15) is 4.68 Å². The molecule has 0 spiro atoms. The van der Waals surface area contributed by atoms with Gasteiger partial charge in [-0.3, -0.25) is 9.36 Å². The number of amides is 1. The van der Waals surface area contributed by atoms with E-state index in [-0.39, 0.29) is 22.9 Å². The Bertz CT molecular complexity index is 2050. The molecule has 5 aromatic rings. The summed E-state index contributed by atoms with van der Waals surface area (Å²) in [5.41, 5.74) is 3.50. The molecule has 0 aliphatic heterocycles. The van der Waals surface area contributed by atoms with E-state index in [0.717, 1.165) is 49.9 Å². The van der Waals surface area contributed by atoms with Crippen LogP contribution in [0.25, 0.3) is 16.8 Å². The number of halogens is 1. The van der Waals surface area contributed by atoms with Gasteiger partial charge in [-0.05, 0) is 61.2 Å². The molecule has 252 valence electrons. The third kappa shape index (κ3) is 7.91. The average molecular weight is 690 g/mol. The van der Waals surface area contributed by atoms with Gasteiger partial charge in [-0.15, -0.1) is 5.10 Å². The lowest BCUT2D eigenvalue weighted by Gasteiger charge is -2.12. The van der Waals surface area contributed by atoms with Crippen LogP contribution in [0.15, 0.2) is 93.2 Å². The molecule has 10 nitrogen and oxygen atoms in total. The van der Waals surface area contributed by atoms with E-state index in [1.54, 1.807) is 54.0 Å². The minimum absolute atomic E-state index is 0.0476. The summed E-state index contributed by atoms with van der Waals surface area (Å²) >= 11 is 6.59. The lowest BCUT2D eigenvalue weighted by atomic mass is 10.0. The topological polar surface area (TPSA) is 128 Å². The molecule has 0 saturated heterocycles. The Morgan fingerprint density at radius 2 is 1.71 bits per heavy atom. The molecule has 2 heterocycles. The molecule has 0 fully saturated rings. The third-order valence-corrected chi connectivity index (χ3v) is 9.76. The van der Waals surface area contributed by atoms with E-state index in [0.29, 0.717) is 39.6 Å². The summed E-state index contributed by atoms with van der Waals surface area (Å²) in [6.45, 7) is 7.00. The standard InChI is InChI=1S/C36H40ClN5O5S/c1-4-6-10-21-38-28-18-19-30(37)31(23-28)42-36(44)41(33(39-42)13-7-5-2)24-26-14-16-27(17-15-26)29-11-8-9-12-32(29)48(45,46)40-35(43)34-25(3)20-22-47-34/h8-9,11-12,14-20,22-23,38H,4-7,10,13,21,24H2,1-3H3,(H,40,43). The Labute approximate surface area is 285 Å². The van der Waals surface area contributed by atoms with Crippen LogP contribution < -0.4 is 15.7 Å². The predicted molar refractivity (Wildman–Crippen MR) is 189 cm³/mol. The number of unbranched alkanes of at least 4 members (excludes halogenated alkanes) is 3. The normalized spacial score (nSPS) is 11.5. The number of aromatic nitrogens is 3. The van der Waals surface area contributed by atoms with Gasteiger partial charge in [-0.25, -0.2) is 17.9 Å². The molecule has 0 saturated carbocycles. The van der Waals surface area contributed by atoms with E-state index in [1.165, 1.54) is 17.0 Å². The average Bonchev–Trinajstić information content (AvgIpc) is 3.65. The largest absolute Gasteiger partial charge is 0.459 e. The second-order valence-electron chi connectivity index (χ2n) is 11.7. The van der Waals surface area contributed by atoms with E-state index in [9.17, 15) is 18.0 Å². The maximum Gasteiger partial charge on any atom is 0.351 e. The fourth-order valence-electron chi connectivity index (χ4n) is 5.41. The molecule has 0 atom stereocenters. The predicted octanol–water partition coefficient (Wildman–Crippen LogP) is 7.37. The number of hydrogen-bond acceptors (Lipinski definition) is 7. The van der Waals surface area contributed by atoms with Crippen LogP contribution in [-0.2, 0) is 23.0 Å². The van der Waals surface area contributed by atoms with Gasteiger partial charge in [0.25, 0.3) is 10.0 Å². The van der Waals surface area contributed by atoms with Crippen LogP contribution in [-0.4, -0.2) is 35.2 Å². The van der Waals surface area contributed by atoms with Crippen molar-refractivity contribution in [1.29, 1.82) is 0 Å². The first-order valence-corrected chi connectivity index (χ1v) is 18.0. The fourth-order valence-corrected chi connectivity index (χ4v) is 6.78. The molecular formula is C36H40ClN5O5S. The number of anilines is 1. The van der Waals surface area contributed by atoms with Gasteiger partial charge in [0, 0.05) is 29.8 Å². The van der Waals surface area contributed by atoms with Crippen molar-refractivity contribution < 1.29 is 17.6 Å². The maximum absolute atomic E-state index is 13.8. The first-order chi connectivity index (χ1) is 23.1. The summed E-state index contributed by atoms with van der Waals surface area (Å²) in [5.74, 6) is -0.252. The fraction of sp³-hybridized carbons (Fsp3) is 0.306. The molecule has 2 aromatic heterocycles. The molecular weight excluding hydrogens is 650 g/mol. The van der Waals surface area contributed by atoms with Gasteiger partial charge in [0.05, 0.1) is 28.4 Å². The quantitative estimate of drug-likeness (QED) is 0.110. The van der Waals surface area contributed by atoms with Crippen molar-refractivity contribution in [3.8, 4) is 16.8 Å². The zero-order valence-electron chi connectivity index (χ0n) is 27.3. The lowest BCUT2D eigenvalue weighted by molar-refractivity contribution is 0.0953. The summed E-state index contributed by atoms with van der Waals surface area (Å²) in [7, 11) is -4.23. The van der Waals surface area contributed by atoms with Crippen molar-refractivity contribution in [2.75, 3.05) is 11.9 Å². The summed E-state index contributed by atoms with van der Waals surface area (Å²) in [6.07, 6.45) is 7.07. The van der Waals surface area contributed by atoms with E-state index in [4.69, 9.17) is 21.1 Å². The van der Waals surface area contributed by atoms with Gasteiger partial charge in [0.15, 0.2) is 5.76 Å². The molecule has 0 radical (unpaired) electrons. The van der Waals surface area contributed by atoms with E-state index < -0.39 is 15.9 Å². The number of nitrogens with one attached hydrogen (secondary N) is 2. The van der Waals surface area contributed by atoms with Crippen molar-refractivity contribution in [1.82, 2.24) is 19.1 Å². The zero-order chi connectivity index (χ0) is 34.3. The maximum atomic E-state index is 13.8. The minimum Gasteiger partial charge on any atom is -0.459 e. The van der Waals surface area contributed by atoms with E-state index in [2.05, 4.69) is 23.9 Å². The van der Waals surface area contributed by atoms with E-state index >= 15 is 0 Å². The smallest absolute Gasteiger partial charge is 0.351 e. The molecule has 3 aromatic carbocycles. The van der Waals surface area contributed by atoms with Crippen LogP contribution in [0, 0.1) is 6.92 Å². The molecule has 0 aliphatic rings. The van der Waals surface area contributed by atoms with Gasteiger partial charge < -0.3 is 9.73 Å². The van der Waals surface area contributed by atoms with Crippen molar-refractivity contribution in [2.45, 2.75) is 70.7 Å². The number of rotatable bonds is 15. The molecule has 1 amide bonds. The molecule has 5 rings (SSSR count). The number of carbonyl (C=O) groups excluding carboxylic acids is 1. The Morgan fingerprint density at radius 3 is 2.42 bits per heavy atom. The van der Waals surface area contributed by atoms with Crippen LogP contribution in [0.4, 0.5) is 5.69 Å². The van der Waals surface area contributed by atoms with Crippen LogP contribution >= 0.6 is 11.6 Å². The minimum atomic E-state index is -4.23. The molecule has 0 unspecified atom stereocenters. The lowest BCUT2D eigenvalue weighted by Crippen LogP contribution is -2.31. The van der Waals surface area contributed by atoms with Gasteiger partial charge in [0.1, 0.15) is 5.82 Å². The van der Waals surface area contributed by atoms with Crippen LogP contribution in [0.5, 0.6) is 0 Å². The van der Waals surface area contributed by atoms with Crippen LogP contribution in [0.3, 0.4) is 0 Å². The zero-order valence-corrected chi connectivity index (χ0v) is 28.9. The Kier molecular flexibility index (Phi) is 11.2. The molecule has 2 N–H and O–H groups in total. The summed E-state index contributed by atoms with van der Waals surface area (Å²) in [4.78, 5) is 26.5. The number of sulfonamides is 1. The SMILES string of the molecule is CCCCCNc1ccc(Cl)c(-n2nc(CCCC)n(Cc3ccc(-c4ccccc4S(=O)(=O)NC(=O)c4occc4C)cc3)c2=O)c1. The van der Waals surface area contributed by atoms with E-state index in [1.807, 2.05) is 24.3 Å². The van der Waals surface area contributed by atoms with Crippen LogP contribution in [0.1, 0.15) is 73.5 Å². The third-order valence-electron chi connectivity index (χ3n) is 8.05. The Hall–Kier alpha value is -4.61. The number of carbonyl (C=O) groups is 1. The highest BCUT2D eigenvalue weighted by molar-refractivity contribution is 7.90. The molecule has 0 bridgehead atoms. The van der Waals surface area contributed by atoms with Gasteiger partial charge >= 0.3 is 11.6 Å². The highest BCUT2D eigenvalue weighted by Gasteiger charge is 2.25. The first kappa shape index (κ1) is 34.7. The van der Waals surface area contributed by atoms with Gasteiger partial charge in [0.2, 0.25) is 0 Å². The monoisotopic (exact) mass is 689 g/mol. The Balaban J connectivity index is 1.41. The van der Waals surface area contributed by atoms with Gasteiger partial charge in [-0.1, -0.05) is 87.2 Å². The molecule has 48 heavy (non-hydrogen) atoms. The molecule has 12 heteroatoms. The first-order valence-electron chi connectivity index (χ1n) is 16.1. The van der Waals surface area contributed by atoms with Crippen molar-refractivity contribution >= 4 is 33.2 Å². The number of nitrogens with zero attached hydrogens (tertiary/aromatic N) is 3. The number of aryl methyl sites for hydroxylation is 2. The highest BCUT2D eigenvalue weighted by Crippen LogP contribution is 2.28. The Morgan fingerprint density at radius 1 is 0.958 bits per heavy atom. The second-order valence-corrected chi connectivity index (χ2v) is 13.7. The number of furan rings is 1. The second kappa shape index (κ2) is 15.5. The van der Waals surface area contributed by atoms with Crippen molar-refractivity contribution in [3.63, 3.8) is 0 Å². The van der Waals surface area contributed by atoms with Crippen molar-refractivity contribution in [3.05, 3.63) is 117 Å². The molecule has 0 aliphatic carbocycles. The van der Waals surface area contributed by atoms with Crippen LogP contribution in [0.2, 0.25) is 5.02 Å². The number of hydrogen-bond donors (Lipinski definition) is 2. The van der Waals surface area contributed by atoms with Crippen molar-refractivity contribution in [2.24, 2.45) is 0 Å². The number of benzene rings is 3. The summed E-state index contributed by atoms with van der Waals surface area (Å²) in [6, 6.07) is 20.9. The summed E-state index contributed by atoms with van der Waals surface area (Å²) < 4.78 is 37.0.